The van der Waals surface area contributed by atoms with Gasteiger partial charge in [0.15, 0.2) is 0 Å². The monoisotopic (exact) mass is 266 g/mol. The number of rotatable bonds is 7. The van der Waals surface area contributed by atoms with Crippen molar-refractivity contribution in [3.63, 3.8) is 0 Å². The van der Waals surface area contributed by atoms with Crippen LogP contribution in [0.5, 0.6) is 0 Å². The van der Waals surface area contributed by atoms with Crippen LogP contribution in [0.3, 0.4) is 0 Å². The normalized spacial score (nSPS) is 30.8. The van der Waals surface area contributed by atoms with E-state index in [0.29, 0.717) is 5.41 Å². The van der Waals surface area contributed by atoms with E-state index in [4.69, 9.17) is 0 Å². The minimum absolute atomic E-state index is 0.534. The van der Waals surface area contributed by atoms with Gasteiger partial charge in [0.05, 0.1) is 0 Å². The second kappa shape index (κ2) is 6.58. The van der Waals surface area contributed by atoms with Gasteiger partial charge in [0.2, 0.25) is 0 Å². The second-order valence-corrected chi connectivity index (χ2v) is 7.58. The molecule has 2 aliphatic carbocycles. The summed E-state index contributed by atoms with van der Waals surface area (Å²) < 4.78 is 0. The van der Waals surface area contributed by atoms with Gasteiger partial charge in [-0.15, -0.1) is 0 Å². The van der Waals surface area contributed by atoms with Gasteiger partial charge in [0.1, 0.15) is 0 Å². The lowest BCUT2D eigenvalue weighted by molar-refractivity contribution is 0.0619. The molecular formula is C17H34N2. The molecule has 0 radical (unpaired) electrons. The average Bonchev–Trinajstić information content (AvgIpc) is 3.15. The molecule has 0 aromatic rings. The first-order valence-corrected chi connectivity index (χ1v) is 8.53. The van der Waals surface area contributed by atoms with Crippen LogP contribution >= 0.6 is 0 Å². The first-order valence-electron chi connectivity index (χ1n) is 8.53. The van der Waals surface area contributed by atoms with E-state index in [9.17, 15) is 0 Å². The quantitative estimate of drug-likeness (QED) is 0.756. The molecule has 0 saturated heterocycles. The van der Waals surface area contributed by atoms with E-state index in [2.05, 4.69) is 37.9 Å². The van der Waals surface area contributed by atoms with Crippen molar-refractivity contribution in [1.29, 1.82) is 0 Å². The fourth-order valence-corrected chi connectivity index (χ4v) is 3.74. The lowest BCUT2D eigenvalue weighted by Gasteiger charge is -2.46. The Balaban J connectivity index is 2.03. The molecule has 0 spiro atoms. The summed E-state index contributed by atoms with van der Waals surface area (Å²) >= 11 is 0. The summed E-state index contributed by atoms with van der Waals surface area (Å²) in [6, 6.07) is 1.49. The lowest BCUT2D eigenvalue weighted by Crippen LogP contribution is -2.55. The van der Waals surface area contributed by atoms with Crippen molar-refractivity contribution in [3.8, 4) is 0 Å². The number of nitrogens with one attached hydrogen (secondary N) is 1. The Kier molecular flexibility index (Phi) is 5.30. The van der Waals surface area contributed by atoms with E-state index >= 15 is 0 Å². The molecule has 0 aliphatic heterocycles. The summed E-state index contributed by atoms with van der Waals surface area (Å²) in [5.41, 5.74) is 0.534. The van der Waals surface area contributed by atoms with Crippen LogP contribution in [0.4, 0.5) is 0 Å². The Hall–Kier alpha value is -0.0800. The number of hydrogen-bond donors (Lipinski definition) is 1. The third-order valence-electron chi connectivity index (χ3n) is 4.99. The topological polar surface area (TPSA) is 15.3 Å². The van der Waals surface area contributed by atoms with Crippen molar-refractivity contribution in [1.82, 2.24) is 10.2 Å². The van der Waals surface area contributed by atoms with Crippen LogP contribution in [0.2, 0.25) is 0 Å². The Morgan fingerprint density at radius 3 is 2.47 bits per heavy atom. The van der Waals surface area contributed by atoms with Gasteiger partial charge in [-0.25, -0.2) is 0 Å². The summed E-state index contributed by atoms with van der Waals surface area (Å²) in [5, 5.41) is 3.76. The Bertz CT molecular complexity index is 270. The predicted molar refractivity (Wildman–Crippen MR) is 83.5 cm³/mol. The SMILES string of the molecule is CCCN(CC1CC1)C1CC(C)(C)CCC1NCC. The van der Waals surface area contributed by atoms with Gasteiger partial charge >= 0.3 is 0 Å². The van der Waals surface area contributed by atoms with Crippen LogP contribution in [-0.2, 0) is 0 Å². The van der Waals surface area contributed by atoms with E-state index in [1.165, 1.54) is 51.6 Å². The molecule has 0 heterocycles. The van der Waals surface area contributed by atoms with Crippen LogP contribution in [0.15, 0.2) is 0 Å². The average molecular weight is 266 g/mol. The fourth-order valence-electron chi connectivity index (χ4n) is 3.74. The van der Waals surface area contributed by atoms with Gasteiger partial charge in [-0.3, -0.25) is 4.90 Å². The summed E-state index contributed by atoms with van der Waals surface area (Å²) in [6.45, 7) is 13.3. The molecule has 19 heavy (non-hydrogen) atoms. The second-order valence-electron chi connectivity index (χ2n) is 7.58. The van der Waals surface area contributed by atoms with Gasteiger partial charge in [0.25, 0.3) is 0 Å². The molecule has 1 N–H and O–H groups in total. The zero-order valence-electron chi connectivity index (χ0n) is 13.5. The highest BCUT2D eigenvalue weighted by molar-refractivity contribution is 4.95. The first kappa shape index (κ1) is 15.3. The molecule has 2 aliphatic rings. The van der Waals surface area contributed by atoms with Gasteiger partial charge in [0, 0.05) is 18.6 Å². The zero-order valence-corrected chi connectivity index (χ0v) is 13.5. The van der Waals surface area contributed by atoms with E-state index < -0.39 is 0 Å². The minimum Gasteiger partial charge on any atom is -0.313 e. The highest BCUT2D eigenvalue weighted by atomic mass is 15.2. The number of nitrogens with zero attached hydrogens (tertiary/aromatic N) is 1. The smallest absolute Gasteiger partial charge is 0.0254 e. The molecular weight excluding hydrogens is 232 g/mol. The highest BCUT2D eigenvalue weighted by Crippen LogP contribution is 2.39. The maximum Gasteiger partial charge on any atom is 0.0254 e. The van der Waals surface area contributed by atoms with E-state index in [1.807, 2.05) is 0 Å². The maximum absolute atomic E-state index is 3.76. The van der Waals surface area contributed by atoms with E-state index in [0.717, 1.165) is 24.5 Å². The third kappa shape index (κ3) is 4.46. The minimum atomic E-state index is 0.534. The van der Waals surface area contributed by atoms with Crippen LogP contribution in [-0.4, -0.2) is 36.6 Å². The van der Waals surface area contributed by atoms with Gasteiger partial charge < -0.3 is 5.32 Å². The van der Waals surface area contributed by atoms with Crippen molar-refractivity contribution < 1.29 is 0 Å². The van der Waals surface area contributed by atoms with Crippen LogP contribution in [0.1, 0.15) is 66.2 Å². The summed E-state index contributed by atoms with van der Waals surface area (Å²) in [4.78, 5) is 2.83. The maximum atomic E-state index is 3.76. The summed E-state index contributed by atoms with van der Waals surface area (Å²) in [6.07, 6.45) is 8.35. The Labute approximate surface area is 120 Å². The summed E-state index contributed by atoms with van der Waals surface area (Å²) in [7, 11) is 0. The molecule has 2 atom stereocenters. The van der Waals surface area contributed by atoms with Gasteiger partial charge in [-0.2, -0.15) is 0 Å². The van der Waals surface area contributed by atoms with Gasteiger partial charge in [-0.1, -0.05) is 27.7 Å². The molecule has 2 heteroatoms. The van der Waals surface area contributed by atoms with Crippen molar-refractivity contribution in [2.45, 2.75) is 78.3 Å². The molecule has 2 nitrogen and oxygen atoms in total. The largest absolute Gasteiger partial charge is 0.313 e. The number of likely N-dealkylation sites (N-methyl/N-ethyl adjacent to an activating group) is 1. The fraction of sp³-hybridized carbons (Fsp3) is 1.00. The molecule has 0 amide bonds. The number of hydrogen-bond acceptors (Lipinski definition) is 2. The Morgan fingerprint density at radius 2 is 1.89 bits per heavy atom. The first-order chi connectivity index (χ1) is 9.05. The summed E-state index contributed by atoms with van der Waals surface area (Å²) in [5.74, 6) is 1.01. The van der Waals surface area contributed by atoms with Crippen molar-refractivity contribution in [2.75, 3.05) is 19.6 Å². The zero-order chi connectivity index (χ0) is 13.9. The molecule has 2 rings (SSSR count). The van der Waals surface area contributed by atoms with Crippen LogP contribution < -0.4 is 5.32 Å². The lowest BCUT2D eigenvalue weighted by atomic mass is 9.72. The van der Waals surface area contributed by atoms with Gasteiger partial charge in [-0.05, 0) is 62.9 Å². The molecule has 0 aromatic heterocycles. The van der Waals surface area contributed by atoms with Crippen LogP contribution in [0, 0.1) is 11.3 Å². The molecule has 0 aromatic carbocycles. The van der Waals surface area contributed by atoms with Crippen molar-refractivity contribution >= 4 is 0 Å². The standard InChI is InChI=1S/C17H34N2/c1-5-11-19(13-14-7-8-14)16-12-17(3,4)10-9-15(16)18-6-2/h14-16,18H,5-13H2,1-4H3. The molecule has 2 saturated carbocycles. The predicted octanol–water partition coefficient (Wildman–Crippen LogP) is 3.67. The molecule has 2 unspecified atom stereocenters. The Morgan fingerprint density at radius 1 is 1.16 bits per heavy atom. The van der Waals surface area contributed by atoms with Crippen LogP contribution in [0.25, 0.3) is 0 Å². The third-order valence-corrected chi connectivity index (χ3v) is 4.99. The highest BCUT2D eigenvalue weighted by Gasteiger charge is 2.38. The van der Waals surface area contributed by atoms with E-state index in [-0.39, 0.29) is 0 Å². The van der Waals surface area contributed by atoms with Crippen molar-refractivity contribution in [2.24, 2.45) is 11.3 Å². The molecule has 2 fully saturated rings. The molecule has 112 valence electrons. The van der Waals surface area contributed by atoms with Crippen molar-refractivity contribution in [3.05, 3.63) is 0 Å². The molecule has 0 bridgehead atoms. The van der Waals surface area contributed by atoms with E-state index in [1.54, 1.807) is 0 Å².